The third-order valence-corrected chi connectivity index (χ3v) is 9.64. The lowest BCUT2D eigenvalue weighted by molar-refractivity contribution is 0.147. The molecule has 6 rings (SSSR count). The van der Waals surface area contributed by atoms with Crippen LogP contribution in [-0.4, -0.2) is 52.0 Å². The molecule has 0 bridgehead atoms. The molecule has 0 aliphatic heterocycles. The van der Waals surface area contributed by atoms with E-state index >= 15 is 0 Å². The Morgan fingerprint density at radius 1 is 0.459 bits per heavy atom. The Labute approximate surface area is 353 Å². The van der Waals surface area contributed by atoms with Gasteiger partial charge in [0.15, 0.2) is 0 Å². The molecule has 5 N–H and O–H groups in total. The second-order valence-corrected chi connectivity index (χ2v) is 14.2. The van der Waals surface area contributed by atoms with E-state index in [9.17, 15) is 30.6 Å². The number of hydrogen-bond donors (Lipinski definition) is 5. The van der Waals surface area contributed by atoms with Crippen LogP contribution >= 0.6 is 0 Å². The molecule has 0 fully saturated rings. The van der Waals surface area contributed by atoms with Gasteiger partial charge in [0.1, 0.15) is 34.5 Å². The minimum atomic E-state index is -1.69. The van der Waals surface area contributed by atoms with Crippen LogP contribution in [0.15, 0.2) is 127 Å². The zero-order valence-corrected chi connectivity index (χ0v) is 33.1. The van der Waals surface area contributed by atoms with Gasteiger partial charge in [-0.15, -0.1) is 0 Å². The summed E-state index contributed by atoms with van der Waals surface area (Å²) in [6.07, 6.45) is 0. The van der Waals surface area contributed by atoms with Crippen LogP contribution in [0, 0.1) is 34.0 Å². The number of hydrogen-bond acceptors (Lipinski definition) is 13. The maximum Gasteiger partial charge on any atom is 0.491 e. The summed E-state index contributed by atoms with van der Waals surface area (Å²) in [5.74, 6) is 2.41. The van der Waals surface area contributed by atoms with E-state index in [0.717, 1.165) is 0 Å². The third kappa shape index (κ3) is 10.8. The van der Waals surface area contributed by atoms with Crippen molar-refractivity contribution in [3.05, 3.63) is 161 Å². The van der Waals surface area contributed by atoms with Crippen molar-refractivity contribution in [3.63, 3.8) is 0 Å². The fourth-order valence-corrected chi connectivity index (χ4v) is 6.51. The van der Waals surface area contributed by atoms with Crippen LogP contribution in [0.25, 0.3) is 0 Å². The molecule has 0 heterocycles. The number of rotatable bonds is 17. The van der Waals surface area contributed by atoms with Gasteiger partial charge in [0.25, 0.3) is 0 Å². The van der Waals surface area contributed by atoms with E-state index in [1.165, 1.54) is 6.07 Å². The summed E-state index contributed by atoms with van der Waals surface area (Å²) in [5.41, 5.74) is 1.58. The summed E-state index contributed by atoms with van der Waals surface area (Å²) >= 11 is 0. The number of benzene rings is 6. The lowest BCUT2D eigenvalue weighted by Gasteiger charge is -2.35. The molecule has 0 atom stereocenters. The summed E-state index contributed by atoms with van der Waals surface area (Å²) in [5, 5.41) is 82.2. The van der Waals surface area contributed by atoms with Gasteiger partial charge in [0.2, 0.25) is 0 Å². The van der Waals surface area contributed by atoms with Gasteiger partial charge < -0.3 is 48.8 Å². The molecule has 0 saturated carbocycles. The molecule has 0 spiro atoms. The maximum atomic E-state index is 11.7. The smallest absolute Gasteiger partial charge is 0.465 e. The average Bonchev–Trinajstić information content (AvgIpc) is 3.28. The monoisotopic (exact) mass is 813 g/mol. The number of ether oxygens (including phenoxy) is 3. The molecule has 61 heavy (non-hydrogen) atoms. The van der Waals surface area contributed by atoms with Crippen molar-refractivity contribution in [2.45, 2.75) is 39.2 Å². The van der Waals surface area contributed by atoms with Crippen LogP contribution in [0.4, 0.5) is 0 Å². The standard InChI is InChI=1S/C45H38B3N3O10/c1-45(2,60-47(55)43-19-16-40(22-34(43)28-53)58-37-11-5-31(25-50)6-12-37)46(42-18-15-39(21-33(42)27-52)57-36-9-3-30(24-49)4-10-36)61-48(56)44-20-17-41(23-35(44)29-54)59-38-13-7-32(26-51)8-14-38/h3-23,52-56H,27-29H2,1-2H3. The summed E-state index contributed by atoms with van der Waals surface area (Å²) in [7, 11) is -3.34. The van der Waals surface area contributed by atoms with E-state index in [4.69, 9.17) is 34.0 Å². The minimum absolute atomic E-state index is 0.197. The molecule has 6 aromatic carbocycles. The quantitative estimate of drug-likeness (QED) is 0.0804. The highest BCUT2D eigenvalue weighted by Crippen LogP contribution is 2.28. The average molecular weight is 813 g/mol. The summed E-state index contributed by atoms with van der Waals surface area (Å²) in [6.45, 7) is 0.552. The first-order chi connectivity index (χ1) is 29.5. The van der Waals surface area contributed by atoms with Gasteiger partial charge in [-0.25, -0.2) is 0 Å². The van der Waals surface area contributed by atoms with Gasteiger partial charge in [-0.3, -0.25) is 0 Å². The predicted octanol–water partition coefficient (Wildman–Crippen LogP) is 4.48. The lowest BCUT2D eigenvalue weighted by Crippen LogP contribution is -2.61. The lowest BCUT2D eigenvalue weighted by atomic mass is 9.45. The fraction of sp³-hybridized carbons (Fsp3) is 0.133. The van der Waals surface area contributed by atoms with Gasteiger partial charge in [-0.2, -0.15) is 15.8 Å². The molecule has 0 amide bonds. The Bertz CT molecular complexity index is 2590. The highest BCUT2D eigenvalue weighted by Gasteiger charge is 2.45. The van der Waals surface area contributed by atoms with Crippen LogP contribution in [-0.2, 0) is 29.0 Å². The second kappa shape index (κ2) is 19.9. The molecule has 0 aliphatic rings. The molecule has 13 nitrogen and oxygen atoms in total. The van der Waals surface area contributed by atoms with Crippen molar-refractivity contribution in [2.24, 2.45) is 0 Å². The molecule has 0 aromatic heterocycles. The normalized spacial score (nSPS) is 10.8. The van der Waals surface area contributed by atoms with Crippen molar-refractivity contribution in [1.82, 2.24) is 0 Å². The first-order valence-electron chi connectivity index (χ1n) is 18.9. The zero-order chi connectivity index (χ0) is 43.5. The zero-order valence-electron chi connectivity index (χ0n) is 33.1. The topological polar surface area (TPSA) is 219 Å². The molecular weight excluding hydrogens is 775 g/mol. The van der Waals surface area contributed by atoms with Crippen molar-refractivity contribution < 1.29 is 48.8 Å². The number of aliphatic hydroxyl groups excluding tert-OH is 3. The van der Waals surface area contributed by atoms with Gasteiger partial charge in [-0.1, -0.05) is 18.2 Å². The van der Waals surface area contributed by atoms with Crippen molar-refractivity contribution in [1.29, 1.82) is 15.8 Å². The number of nitrogens with zero attached hydrogens (tertiary/aromatic N) is 3. The third-order valence-electron chi connectivity index (χ3n) is 9.64. The number of nitriles is 3. The minimum Gasteiger partial charge on any atom is -0.465 e. The fourth-order valence-electron chi connectivity index (χ4n) is 6.51. The van der Waals surface area contributed by atoms with Gasteiger partial charge >= 0.3 is 21.2 Å². The summed E-state index contributed by atoms with van der Waals surface area (Å²) in [6, 6.07) is 39.8. The molecule has 0 radical (unpaired) electrons. The van der Waals surface area contributed by atoms with Crippen LogP contribution in [0.2, 0.25) is 0 Å². The summed E-state index contributed by atoms with van der Waals surface area (Å²) < 4.78 is 30.6. The van der Waals surface area contributed by atoms with E-state index in [0.29, 0.717) is 67.8 Å². The first kappa shape index (κ1) is 43.7. The first-order valence-corrected chi connectivity index (χ1v) is 18.9. The largest absolute Gasteiger partial charge is 0.491 e. The molecule has 302 valence electrons. The van der Waals surface area contributed by atoms with Crippen LogP contribution < -0.4 is 30.6 Å². The molecule has 16 heteroatoms. The van der Waals surface area contributed by atoms with Crippen molar-refractivity contribution in [3.8, 4) is 52.7 Å². The Hall–Kier alpha value is -6.90. The van der Waals surface area contributed by atoms with Crippen LogP contribution in [0.5, 0.6) is 34.5 Å². The van der Waals surface area contributed by atoms with Crippen molar-refractivity contribution in [2.75, 3.05) is 0 Å². The highest BCUT2D eigenvalue weighted by atomic mass is 16.6. The van der Waals surface area contributed by atoms with Gasteiger partial charge in [-0.05, 0) is 156 Å². The van der Waals surface area contributed by atoms with Crippen LogP contribution in [0.1, 0.15) is 47.2 Å². The van der Waals surface area contributed by atoms with E-state index in [1.54, 1.807) is 135 Å². The van der Waals surface area contributed by atoms with Crippen LogP contribution in [0.3, 0.4) is 0 Å². The summed E-state index contributed by atoms with van der Waals surface area (Å²) in [4.78, 5) is 0. The second-order valence-electron chi connectivity index (χ2n) is 14.2. The molecular formula is C45H38B3N3O10. The predicted molar refractivity (Wildman–Crippen MR) is 228 cm³/mol. The Morgan fingerprint density at radius 3 is 1.11 bits per heavy atom. The van der Waals surface area contributed by atoms with Gasteiger partial charge in [0.05, 0.1) is 60.2 Å². The molecule has 0 aliphatic carbocycles. The van der Waals surface area contributed by atoms with E-state index < -0.39 is 46.5 Å². The number of aliphatic hydroxyl groups is 3. The van der Waals surface area contributed by atoms with E-state index in [1.807, 2.05) is 12.1 Å². The van der Waals surface area contributed by atoms with Gasteiger partial charge in [0, 0.05) is 0 Å². The van der Waals surface area contributed by atoms with Crippen molar-refractivity contribution >= 4 is 37.5 Å². The maximum absolute atomic E-state index is 11.7. The Kier molecular flexibility index (Phi) is 14.3. The van der Waals surface area contributed by atoms with E-state index in [-0.39, 0.29) is 16.5 Å². The molecule has 6 aromatic rings. The Balaban J connectivity index is 1.31. The molecule has 0 saturated heterocycles. The Morgan fingerprint density at radius 2 is 0.770 bits per heavy atom. The SMILES string of the molecule is CC(C)(OB(O)c1ccc(Oc2ccc(C#N)cc2)cc1CO)B(OB(O)c1ccc(Oc2ccc(C#N)cc2)cc1CO)c1ccc(Oc2ccc(C#N)cc2)cc1CO. The molecule has 0 unspecified atom stereocenters. The highest BCUT2D eigenvalue weighted by molar-refractivity contribution is 6.79. The van der Waals surface area contributed by atoms with E-state index in [2.05, 4.69) is 6.07 Å².